The first-order chi connectivity index (χ1) is 12.3. The molecule has 1 aromatic rings. The normalized spacial score (nSPS) is 25.8. The first kappa shape index (κ1) is 18.4. The van der Waals surface area contributed by atoms with E-state index in [9.17, 15) is 4.79 Å². The Balaban J connectivity index is 1.71. The third-order valence-corrected chi connectivity index (χ3v) is 5.74. The van der Waals surface area contributed by atoms with E-state index in [-0.39, 0.29) is 11.9 Å². The topological polar surface area (TPSA) is 32.8 Å². The summed E-state index contributed by atoms with van der Waals surface area (Å²) in [5.74, 6) is 0.222. The molecule has 2 aliphatic rings. The maximum atomic E-state index is 12.9. The van der Waals surface area contributed by atoms with Crippen LogP contribution in [0.15, 0.2) is 30.3 Å². The Labute approximate surface area is 152 Å². The number of rotatable bonds is 4. The molecular weight excluding hydrogens is 312 g/mol. The number of carbonyl (C=O) groups excluding carboxylic acids is 1. The maximum absolute atomic E-state index is 12.9. The lowest BCUT2D eigenvalue weighted by molar-refractivity contribution is -0.133. The molecule has 2 fully saturated rings. The highest BCUT2D eigenvalue weighted by Crippen LogP contribution is 2.25. The molecule has 0 aromatic heterocycles. The largest absolute Gasteiger partial charge is 0.381 e. The molecule has 0 bridgehead atoms. The molecule has 2 atom stereocenters. The Morgan fingerprint density at radius 1 is 1.08 bits per heavy atom. The van der Waals surface area contributed by atoms with Gasteiger partial charge in [0.2, 0.25) is 5.91 Å². The summed E-state index contributed by atoms with van der Waals surface area (Å²) in [6.45, 7) is 3.99. The van der Waals surface area contributed by atoms with Crippen LogP contribution in [0, 0.1) is 0 Å². The zero-order valence-electron chi connectivity index (χ0n) is 15.5. The third kappa shape index (κ3) is 5.05. The fourth-order valence-electron chi connectivity index (χ4n) is 4.28. The fraction of sp³-hybridized carbons (Fsp3) is 0.667. The van der Waals surface area contributed by atoms with Crippen LogP contribution in [-0.4, -0.2) is 61.1 Å². The molecule has 1 aromatic carbocycles. The van der Waals surface area contributed by atoms with Gasteiger partial charge in [-0.3, -0.25) is 9.69 Å². The van der Waals surface area contributed by atoms with E-state index in [2.05, 4.69) is 4.90 Å². The number of carbonyl (C=O) groups is 1. The van der Waals surface area contributed by atoms with Gasteiger partial charge in [0, 0.05) is 32.3 Å². The van der Waals surface area contributed by atoms with E-state index in [0.717, 1.165) is 31.6 Å². The first-order valence-electron chi connectivity index (χ1n) is 9.87. The Morgan fingerprint density at radius 2 is 1.84 bits per heavy atom. The molecule has 2 heterocycles. The van der Waals surface area contributed by atoms with E-state index in [0.29, 0.717) is 12.5 Å². The van der Waals surface area contributed by atoms with Crippen molar-refractivity contribution in [3.63, 3.8) is 0 Å². The van der Waals surface area contributed by atoms with Gasteiger partial charge in [-0.05, 0) is 57.2 Å². The van der Waals surface area contributed by atoms with Gasteiger partial charge in [-0.2, -0.15) is 0 Å². The molecule has 2 saturated heterocycles. The number of hydrogen-bond donors (Lipinski definition) is 0. The van der Waals surface area contributed by atoms with Crippen molar-refractivity contribution in [1.29, 1.82) is 0 Å². The predicted molar refractivity (Wildman–Crippen MR) is 101 cm³/mol. The van der Waals surface area contributed by atoms with Gasteiger partial charge in [0.25, 0.3) is 0 Å². The average molecular weight is 344 g/mol. The van der Waals surface area contributed by atoms with Gasteiger partial charge in [-0.25, -0.2) is 0 Å². The second-order valence-electron chi connectivity index (χ2n) is 7.44. The molecule has 1 amide bonds. The number of likely N-dealkylation sites (tertiary alicyclic amines) is 1. The zero-order chi connectivity index (χ0) is 17.5. The molecule has 138 valence electrons. The summed E-state index contributed by atoms with van der Waals surface area (Å²) in [5, 5.41) is 0. The van der Waals surface area contributed by atoms with Crippen LogP contribution in [0.2, 0.25) is 0 Å². The van der Waals surface area contributed by atoms with Gasteiger partial charge in [0.05, 0.1) is 6.42 Å². The standard InChI is InChI=1S/C21H32N2O2/c1-22(21(24)17-18-9-3-2-4-10-18)19-12-16-25-15-8-5-11-20(19)23-13-6-7-14-23/h2-4,9-10,19-20H,5-8,11-17H2,1H3/t19-,20-/m0/s1. The summed E-state index contributed by atoms with van der Waals surface area (Å²) < 4.78 is 5.79. The monoisotopic (exact) mass is 344 g/mol. The highest BCUT2D eigenvalue weighted by molar-refractivity contribution is 5.78. The summed E-state index contributed by atoms with van der Waals surface area (Å²) >= 11 is 0. The zero-order valence-corrected chi connectivity index (χ0v) is 15.5. The SMILES string of the molecule is CN(C(=O)Cc1ccccc1)[C@H]1CCOCCCC[C@@H]1N1CCCC1. The summed E-state index contributed by atoms with van der Waals surface area (Å²) in [5.41, 5.74) is 1.09. The van der Waals surface area contributed by atoms with Crippen LogP contribution in [0.1, 0.15) is 44.1 Å². The summed E-state index contributed by atoms with van der Waals surface area (Å²) in [6.07, 6.45) is 7.52. The molecule has 4 heteroatoms. The van der Waals surface area contributed by atoms with Crippen molar-refractivity contribution in [2.75, 3.05) is 33.4 Å². The van der Waals surface area contributed by atoms with Crippen molar-refractivity contribution in [2.45, 2.75) is 57.0 Å². The molecule has 0 saturated carbocycles. The van der Waals surface area contributed by atoms with E-state index in [1.54, 1.807) is 0 Å². The third-order valence-electron chi connectivity index (χ3n) is 5.74. The number of hydrogen-bond acceptors (Lipinski definition) is 3. The minimum Gasteiger partial charge on any atom is -0.381 e. The van der Waals surface area contributed by atoms with E-state index in [4.69, 9.17) is 4.74 Å². The number of nitrogens with zero attached hydrogens (tertiary/aromatic N) is 2. The number of ether oxygens (including phenoxy) is 1. The van der Waals surface area contributed by atoms with Crippen LogP contribution in [0.5, 0.6) is 0 Å². The van der Waals surface area contributed by atoms with Gasteiger partial charge in [-0.1, -0.05) is 30.3 Å². The molecule has 25 heavy (non-hydrogen) atoms. The van der Waals surface area contributed by atoms with Gasteiger partial charge in [0.1, 0.15) is 0 Å². The lowest BCUT2D eigenvalue weighted by Gasteiger charge is -2.39. The quantitative estimate of drug-likeness (QED) is 0.841. The molecular formula is C21H32N2O2. The minimum absolute atomic E-state index is 0.222. The van der Waals surface area contributed by atoms with Gasteiger partial charge in [0.15, 0.2) is 0 Å². The Bertz CT molecular complexity index is 528. The van der Waals surface area contributed by atoms with E-state index >= 15 is 0 Å². The lowest BCUT2D eigenvalue weighted by Crippen LogP contribution is -2.52. The van der Waals surface area contributed by atoms with Crippen molar-refractivity contribution < 1.29 is 9.53 Å². The smallest absolute Gasteiger partial charge is 0.227 e. The van der Waals surface area contributed by atoms with Gasteiger partial charge < -0.3 is 9.64 Å². The molecule has 0 aliphatic carbocycles. The van der Waals surface area contributed by atoms with Crippen LogP contribution in [0.25, 0.3) is 0 Å². The highest BCUT2D eigenvalue weighted by atomic mass is 16.5. The number of benzene rings is 1. The maximum Gasteiger partial charge on any atom is 0.227 e. The minimum atomic E-state index is 0.222. The van der Waals surface area contributed by atoms with Gasteiger partial charge in [-0.15, -0.1) is 0 Å². The fourth-order valence-corrected chi connectivity index (χ4v) is 4.28. The van der Waals surface area contributed by atoms with Crippen molar-refractivity contribution in [1.82, 2.24) is 9.80 Å². The van der Waals surface area contributed by atoms with Crippen LogP contribution >= 0.6 is 0 Å². The van der Waals surface area contributed by atoms with E-state index < -0.39 is 0 Å². The summed E-state index contributed by atoms with van der Waals surface area (Å²) in [4.78, 5) is 17.6. The van der Waals surface area contributed by atoms with Crippen LogP contribution in [0.3, 0.4) is 0 Å². The lowest BCUT2D eigenvalue weighted by atomic mass is 9.96. The van der Waals surface area contributed by atoms with Gasteiger partial charge >= 0.3 is 0 Å². The average Bonchev–Trinajstić information content (AvgIpc) is 3.18. The Hall–Kier alpha value is -1.39. The Kier molecular flexibility index (Phi) is 6.88. The van der Waals surface area contributed by atoms with Crippen molar-refractivity contribution in [2.24, 2.45) is 0 Å². The second kappa shape index (κ2) is 9.35. The molecule has 4 nitrogen and oxygen atoms in total. The molecule has 0 spiro atoms. The van der Waals surface area contributed by atoms with Crippen molar-refractivity contribution >= 4 is 5.91 Å². The van der Waals surface area contributed by atoms with Crippen molar-refractivity contribution in [3.05, 3.63) is 35.9 Å². The number of likely N-dealkylation sites (N-methyl/N-ethyl adjacent to an activating group) is 1. The molecule has 0 unspecified atom stereocenters. The summed E-state index contributed by atoms with van der Waals surface area (Å²) in [7, 11) is 2.00. The highest BCUT2D eigenvalue weighted by Gasteiger charge is 2.33. The molecule has 0 N–H and O–H groups in total. The van der Waals surface area contributed by atoms with Crippen LogP contribution < -0.4 is 0 Å². The van der Waals surface area contributed by atoms with Crippen molar-refractivity contribution in [3.8, 4) is 0 Å². The Morgan fingerprint density at radius 3 is 2.60 bits per heavy atom. The van der Waals surface area contributed by atoms with Crippen LogP contribution in [0.4, 0.5) is 0 Å². The first-order valence-corrected chi connectivity index (χ1v) is 9.87. The molecule has 0 radical (unpaired) electrons. The molecule has 3 rings (SSSR count). The number of amides is 1. The van der Waals surface area contributed by atoms with Crippen LogP contribution in [-0.2, 0) is 16.0 Å². The van der Waals surface area contributed by atoms with E-state index in [1.165, 1.54) is 38.8 Å². The molecule has 2 aliphatic heterocycles. The predicted octanol–water partition coefficient (Wildman–Crippen LogP) is 3.11. The van der Waals surface area contributed by atoms with E-state index in [1.807, 2.05) is 42.3 Å². The second-order valence-corrected chi connectivity index (χ2v) is 7.44. The summed E-state index contributed by atoms with van der Waals surface area (Å²) in [6, 6.07) is 10.8.